The van der Waals surface area contributed by atoms with E-state index < -0.39 is 6.10 Å². The summed E-state index contributed by atoms with van der Waals surface area (Å²) < 4.78 is 5.85. The molecule has 22 heavy (non-hydrogen) atoms. The fraction of sp³-hybridized carbons (Fsp3) is 0.235. The number of benzene rings is 1. The number of nitrogens with zero attached hydrogens (tertiary/aromatic N) is 1. The SMILES string of the molecule is CNC[C@H](O)COc1cc(-c2ccsc2)nc2ccccc12. The van der Waals surface area contributed by atoms with Gasteiger partial charge in [0.25, 0.3) is 0 Å². The Hall–Kier alpha value is -1.95. The van der Waals surface area contributed by atoms with Crippen LogP contribution < -0.4 is 10.1 Å². The van der Waals surface area contributed by atoms with Crippen LogP contribution in [0.1, 0.15) is 0 Å². The molecular formula is C17H18N2O2S. The van der Waals surface area contributed by atoms with Gasteiger partial charge in [0.05, 0.1) is 11.2 Å². The third-order valence-corrected chi connectivity index (χ3v) is 4.05. The number of aliphatic hydroxyl groups is 1. The number of pyridine rings is 1. The fourth-order valence-corrected chi connectivity index (χ4v) is 2.95. The highest BCUT2D eigenvalue weighted by atomic mass is 32.1. The maximum absolute atomic E-state index is 9.83. The van der Waals surface area contributed by atoms with Gasteiger partial charge < -0.3 is 15.2 Å². The van der Waals surface area contributed by atoms with Crippen molar-refractivity contribution in [3.63, 3.8) is 0 Å². The third kappa shape index (κ3) is 3.27. The predicted octanol–water partition coefficient (Wildman–Crippen LogP) is 2.92. The van der Waals surface area contributed by atoms with Gasteiger partial charge in [0.2, 0.25) is 0 Å². The second-order valence-corrected chi connectivity index (χ2v) is 5.84. The summed E-state index contributed by atoms with van der Waals surface area (Å²) >= 11 is 1.64. The van der Waals surface area contributed by atoms with Crippen LogP contribution in [0.25, 0.3) is 22.2 Å². The van der Waals surface area contributed by atoms with E-state index in [-0.39, 0.29) is 6.61 Å². The third-order valence-electron chi connectivity index (χ3n) is 3.37. The Labute approximate surface area is 133 Å². The Morgan fingerprint density at radius 2 is 2.18 bits per heavy atom. The van der Waals surface area contributed by atoms with Crippen molar-refractivity contribution in [2.75, 3.05) is 20.2 Å². The molecule has 1 aromatic carbocycles. The molecule has 0 unspecified atom stereocenters. The second kappa shape index (κ2) is 6.87. The Balaban J connectivity index is 1.96. The zero-order valence-corrected chi connectivity index (χ0v) is 13.1. The van der Waals surface area contributed by atoms with Crippen LogP contribution in [0, 0.1) is 0 Å². The number of likely N-dealkylation sites (N-methyl/N-ethyl adjacent to an activating group) is 1. The smallest absolute Gasteiger partial charge is 0.131 e. The Bertz CT molecular complexity index is 744. The van der Waals surface area contributed by atoms with Crippen molar-refractivity contribution < 1.29 is 9.84 Å². The molecule has 114 valence electrons. The molecule has 3 rings (SSSR count). The van der Waals surface area contributed by atoms with E-state index in [2.05, 4.69) is 10.7 Å². The van der Waals surface area contributed by atoms with Gasteiger partial charge >= 0.3 is 0 Å². The molecular weight excluding hydrogens is 296 g/mol. The molecule has 5 heteroatoms. The number of para-hydroxylation sites is 1. The Morgan fingerprint density at radius 1 is 1.32 bits per heavy atom. The predicted molar refractivity (Wildman–Crippen MR) is 90.5 cm³/mol. The summed E-state index contributed by atoms with van der Waals surface area (Å²) in [5.74, 6) is 0.752. The van der Waals surface area contributed by atoms with Gasteiger partial charge in [-0.2, -0.15) is 11.3 Å². The molecule has 2 N–H and O–H groups in total. The quantitative estimate of drug-likeness (QED) is 0.734. The normalized spacial score (nSPS) is 12.5. The summed E-state index contributed by atoms with van der Waals surface area (Å²) in [5, 5.41) is 17.8. The van der Waals surface area contributed by atoms with Gasteiger partial charge in [-0.3, -0.25) is 0 Å². The molecule has 0 radical (unpaired) electrons. The van der Waals surface area contributed by atoms with Crippen LogP contribution in [0.3, 0.4) is 0 Å². The molecule has 0 spiro atoms. The van der Waals surface area contributed by atoms with Crippen molar-refractivity contribution >= 4 is 22.2 Å². The standard InChI is InChI=1S/C17H18N2O2S/c1-18-9-13(20)10-21-17-8-16(12-6-7-22-11-12)19-15-5-3-2-4-14(15)17/h2-8,11,13,18,20H,9-10H2,1H3/t13-/m0/s1. The van der Waals surface area contributed by atoms with Crippen LogP contribution in [-0.4, -0.2) is 36.4 Å². The molecule has 0 saturated heterocycles. The highest BCUT2D eigenvalue weighted by molar-refractivity contribution is 7.08. The topological polar surface area (TPSA) is 54.4 Å². The molecule has 3 aromatic rings. The summed E-state index contributed by atoms with van der Waals surface area (Å²) in [6.45, 7) is 0.748. The van der Waals surface area contributed by atoms with E-state index in [1.165, 1.54) is 0 Å². The van der Waals surface area contributed by atoms with E-state index in [9.17, 15) is 5.11 Å². The zero-order valence-electron chi connectivity index (χ0n) is 12.3. The van der Waals surface area contributed by atoms with Gasteiger partial charge in [-0.25, -0.2) is 4.98 Å². The molecule has 0 bridgehead atoms. The number of hydrogen-bond donors (Lipinski definition) is 2. The van der Waals surface area contributed by atoms with E-state index >= 15 is 0 Å². The van der Waals surface area contributed by atoms with Crippen LogP contribution in [0.4, 0.5) is 0 Å². The van der Waals surface area contributed by atoms with Crippen molar-refractivity contribution in [1.29, 1.82) is 0 Å². The van der Waals surface area contributed by atoms with Crippen molar-refractivity contribution in [2.45, 2.75) is 6.10 Å². The molecule has 0 aliphatic rings. The van der Waals surface area contributed by atoms with E-state index in [0.717, 1.165) is 27.9 Å². The monoisotopic (exact) mass is 314 g/mol. The Kier molecular flexibility index (Phi) is 4.68. The lowest BCUT2D eigenvalue weighted by molar-refractivity contribution is 0.109. The Morgan fingerprint density at radius 3 is 2.95 bits per heavy atom. The van der Waals surface area contributed by atoms with Crippen LogP contribution in [0.15, 0.2) is 47.2 Å². The first-order valence-electron chi connectivity index (χ1n) is 7.16. The van der Waals surface area contributed by atoms with Crippen molar-refractivity contribution in [2.24, 2.45) is 0 Å². The molecule has 4 nitrogen and oxygen atoms in total. The highest BCUT2D eigenvalue weighted by Gasteiger charge is 2.10. The zero-order chi connectivity index (χ0) is 15.4. The summed E-state index contributed by atoms with van der Waals surface area (Å²) in [6, 6.07) is 11.9. The van der Waals surface area contributed by atoms with Gasteiger partial charge in [-0.1, -0.05) is 12.1 Å². The summed E-state index contributed by atoms with van der Waals surface area (Å²) in [6.07, 6.45) is -0.540. The largest absolute Gasteiger partial charge is 0.490 e. The van der Waals surface area contributed by atoms with E-state index in [0.29, 0.717) is 6.54 Å². The lowest BCUT2D eigenvalue weighted by Gasteiger charge is -2.14. The molecule has 2 aromatic heterocycles. The first kappa shape index (κ1) is 15.0. The molecule has 0 amide bonds. The maximum Gasteiger partial charge on any atom is 0.131 e. The van der Waals surface area contributed by atoms with Gasteiger partial charge in [0.1, 0.15) is 18.5 Å². The number of aromatic nitrogens is 1. The number of fused-ring (bicyclic) bond motifs is 1. The minimum absolute atomic E-state index is 0.248. The van der Waals surface area contributed by atoms with E-state index in [1.807, 2.05) is 41.8 Å². The summed E-state index contributed by atoms with van der Waals surface area (Å²) in [7, 11) is 1.81. The number of rotatable bonds is 6. The highest BCUT2D eigenvalue weighted by Crippen LogP contribution is 2.30. The van der Waals surface area contributed by atoms with Crippen LogP contribution in [0.5, 0.6) is 5.75 Å². The van der Waals surface area contributed by atoms with Gasteiger partial charge in [-0.15, -0.1) is 0 Å². The fourth-order valence-electron chi connectivity index (χ4n) is 2.30. The van der Waals surface area contributed by atoms with Crippen molar-refractivity contribution in [1.82, 2.24) is 10.3 Å². The number of thiophene rings is 1. The molecule has 0 aliphatic heterocycles. The van der Waals surface area contributed by atoms with Gasteiger partial charge in [-0.05, 0) is 30.6 Å². The first-order chi connectivity index (χ1) is 10.8. The molecule has 0 aliphatic carbocycles. The lowest BCUT2D eigenvalue weighted by atomic mass is 10.1. The minimum atomic E-state index is -0.540. The summed E-state index contributed by atoms with van der Waals surface area (Å²) in [4.78, 5) is 4.69. The number of nitrogens with one attached hydrogen (secondary N) is 1. The molecule has 1 atom stereocenters. The molecule has 0 saturated carbocycles. The van der Waals surface area contributed by atoms with Gasteiger partial charge in [0.15, 0.2) is 0 Å². The van der Waals surface area contributed by atoms with Gasteiger partial charge in [0, 0.05) is 28.9 Å². The van der Waals surface area contributed by atoms with Crippen LogP contribution in [0.2, 0.25) is 0 Å². The minimum Gasteiger partial charge on any atom is -0.490 e. The number of aliphatic hydroxyl groups excluding tert-OH is 1. The molecule has 0 fully saturated rings. The lowest BCUT2D eigenvalue weighted by Crippen LogP contribution is -2.29. The van der Waals surface area contributed by atoms with E-state index in [1.54, 1.807) is 18.4 Å². The average molecular weight is 314 g/mol. The van der Waals surface area contributed by atoms with Crippen LogP contribution in [-0.2, 0) is 0 Å². The van der Waals surface area contributed by atoms with Crippen molar-refractivity contribution in [3.05, 3.63) is 47.2 Å². The number of ether oxygens (including phenoxy) is 1. The second-order valence-electron chi connectivity index (χ2n) is 5.06. The van der Waals surface area contributed by atoms with Crippen molar-refractivity contribution in [3.8, 4) is 17.0 Å². The molecule has 2 heterocycles. The van der Waals surface area contributed by atoms with Crippen LogP contribution >= 0.6 is 11.3 Å². The average Bonchev–Trinajstić information content (AvgIpc) is 3.07. The first-order valence-corrected chi connectivity index (χ1v) is 8.10. The van der Waals surface area contributed by atoms with E-state index in [4.69, 9.17) is 9.72 Å². The summed E-state index contributed by atoms with van der Waals surface area (Å²) in [5.41, 5.74) is 2.86. The number of hydrogen-bond acceptors (Lipinski definition) is 5. The maximum atomic E-state index is 9.83.